The minimum Gasteiger partial charge on any atom is -0.398 e. The van der Waals surface area contributed by atoms with Crippen molar-refractivity contribution in [1.29, 1.82) is 0 Å². The zero-order valence-corrected chi connectivity index (χ0v) is 10.5. The highest BCUT2D eigenvalue weighted by atomic mass is 16.5. The molecular weight excluding hydrogens is 234 g/mol. The van der Waals surface area contributed by atoms with Crippen molar-refractivity contribution in [2.45, 2.75) is 12.2 Å². The number of likely N-dealkylation sites (tertiary alicyclic amines) is 1. The number of nitrogens with zero attached hydrogens (tertiary/aromatic N) is 2. The molecule has 0 radical (unpaired) electrons. The molecule has 1 aliphatic rings. The molecule has 0 bridgehead atoms. The van der Waals surface area contributed by atoms with Crippen LogP contribution >= 0.6 is 0 Å². The molecule has 1 aliphatic heterocycles. The van der Waals surface area contributed by atoms with Crippen molar-refractivity contribution in [3.8, 4) is 0 Å². The van der Waals surface area contributed by atoms with Crippen LogP contribution in [-0.2, 0) is 9.47 Å². The molecule has 1 aromatic rings. The molecule has 0 saturated carbocycles. The highest BCUT2D eigenvalue weighted by Crippen LogP contribution is 2.20. The van der Waals surface area contributed by atoms with Crippen molar-refractivity contribution in [1.82, 2.24) is 9.88 Å². The number of amides is 1. The van der Waals surface area contributed by atoms with E-state index in [1.165, 1.54) is 6.20 Å². The molecule has 1 saturated heterocycles. The van der Waals surface area contributed by atoms with Crippen LogP contribution < -0.4 is 5.73 Å². The van der Waals surface area contributed by atoms with E-state index in [0.717, 1.165) is 0 Å². The van der Waals surface area contributed by atoms with Gasteiger partial charge >= 0.3 is 0 Å². The summed E-state index contributed by atoms with van der Waals surface area (Å²) in [6.45, 7) is 1.00. The largest absolute Gasteiger partial charge is 0.398 e. The minimum atomic E-state index is -0.137. The number of ether oxygens (including phenoxy) is 2. The Hall–Kier alpha value is -1.66. The van der Waals surface area contributed by atoms with E-state index >= 15 is 0 Å². The average molecular weight is 251 g/mol. The fourth-order valence-corrected chi connectivity index (χ4v) is 2.12. The van der Waals surface area contributed by atoms with Crippen LogP contribution in [0.1, 0.15) is 10.4 Å². The van der Waals surface area contributed by atoms with E-state index in [4.69, 9.17) is 15.2 Å². The first kappa shape index (κ1) is 12.8. The summed E-state index contributed by atoms with van der Waals surface area (Å²) in [5, 5.41) is 0. The van der Waals surface area contributed by atoms with Crippen LogP contribution in [0.5, 0.6) is 0 Å². The van der Waals surface area contributed by atoms with Crippen LogP contribution in [0.15, 0.2) is 18.5 Å². The number of rotatable bonds is 3. The Labute approximate surface area is 106 Å². The summed E-state index contributed by atoms with van der Waals surface area (Å²) in [6, 6.07) is 1.62. The Kier molecular flexibility index (Phi) is 3.78. The third-order valence-electron chi connectivity index (χ3n) is 3.19. The topological polar surface area (TPSA) is 77.7 Å². The summed E-state index contributed by atoms with van der Waals surface area (Å²) >= 11 is 0. The predicted octanol–water partition coefficient (Wildman–Crippen LogP) is 0.150. The van der Waals surface area contributed by atoms with E-state index in [9.17, 15) is 4.79 Å². The molecule has 2 N–H and O–H groups in total. The summed E-state index contributed by atoms with van der Waals surface area (Å²) < 4.78 is 10.6. The van der Waals surface area contributed by atoms with Gasteiger partial charge in [0, 0.05) is 45.4 Å². The number of pyridine rings is 1. The Morgan fingerprint density at radius 1 is 1.39 bits per heavy atom. The van der Waals surface area contributed by atoms with E-state index in [1.54, 1.807) is 31.4 Å². The molecule has 2 rings (SSSR count). The molecule has 6 heteroatoms. The first-order valence-electron chi connectivity index (χ1n) is 5.71. The SMILES string of the molecule is COC1CN(C(=O)c2cnccc2N)CC1OC. The van der Waals surface area contributed by atoms with Gasteiger partial charge in [0.2, 0.25) is 0 Å². The highest BCUT2D eigenvalue weighted by molar-refractivity contribution is 5.98. The lowest BCUT2D eigenvalue weighted by atomic mass is 10.2. The van der Waals surface area contributed by atoms with Crippen LogP contribution in [0.3, 0.4) is 0 Å². The maximum absolute atomic E-state index is 12.3. The Morgan fingerprint density at radius 2 is 2.00 bits per heavy atom. The maximum Gasteiger partial charge on any atom is 0.257 e. The molecule has 2 atom stereocenters. The zero-order chi connectivity index (χ0) is 13.1. The fraction of sp³-hybridized carbons (Fsp3) is 0.500. The van der Waals surface area contributed by atoms with Gasteiger partial charge in [-0.3, -0.25) is 9.78 Å². The van der Waals surface area contributed by atoms with Gasteiger partial charge in [-0.1, -0.05) is 0 Å². The monoisotopic (exact) mass is 251 g/mol. The molecule has 1 aromatic heterocycles. The summed E-state index contributed by atoms with van der Waals surface area (Å²) in [4.78, 5) is 17.9. The molecular formula is C12H17N3O3. The molecule has 0 aromatic carbocycles. The molecule has 6 nitrogen and oxygen atoms in total. The summed E-state index contributed by atoms with van der Waals surface area (Å²) in [5.41, 5.74) is 6.63. The first-order valence-corrected chi connectivity index (χ1v) is 5.71. The quantitative estimate of drug-likeness (QED) is 0.827. The van der Waals surface area contributed by atoms with Gasteiger partial charge in [-0.25, -0.2) is 0 Å². The van der Waals surface area contributed by atoms with Crippen molar-refractivity contribution in [3.63, 3.8) is 0 Å². The molecule has 0 spiro atoms. The van der Waals surface area contributed by atoms with Gasteiger partial charge in [-0.05, 0) is 6.07 Å². The molecule has 18 heavy (non-hydrogen) atoms. The van der Waals surface area contributed by atoms with Gasteiger partial charge in [-0.15, -0.1) is 0 Å². The van der Waals surface area contributed by atoms with E-state index in [2.05, 4.69) is 4.98 Å². The molecule has 2 unspecified atom stereocenters. The van der Waals surface area contributed by atoms with Crippen LogP contribution in [0.4, 0.5) is 5.69 Å². The second-order valence-electron chi connectivity index (χ2n) is 4.22. The third-order valence-corrected chi connectivity index (χ3v) is 3.19. The first-order chi connectivity index (χ1) is 8.67. The van der Waals surface area contributed by atoms with Crippen molar-refractivity contribution >= 4 is 11.6 Å². The van der Waals surface area contributed by atoms with E-state index in [0.29, 0.717) is 24.3 Å². The fourth-order valence-electron chi connectivity index (χ4n) is 2.12. The lowest BCUT2D eigenvalue weighted by molar-refractivity contribution is -0.00461. The second kappa shape index (κ2) is 5.32. The number of nitrogen functional groups attached to an aromatic ring is 1. The predicted molar refractivity (Wildman–Crippen MR) is 66.1 cm³/mol. The number of methoxy groups -OCH3 is 2. The van der Waals surface area contributed by atoms with Crippen molar-refractivity contribution in [2.75, 3.05) is 33.0 Å². The van der Waals surface area contributed by atoms with Gasteiger partial charge in [0.05, 0.1) is 5.56 Å². The number of aromatic nitrogens is 1. The van der Waals surface area contributed by atoms with Crippen LogP contribution in [0.25, 0.3) is 0 Å². The zero-order valence-electron chi connectivity index (χ0n) is 10.5. The number of carbonyl (C=O) groups excluding carboxylic acids is 1. The minimum absolute atomic E-state index is 0.100. The van der Waals surface area contributed by atoms with Crippen molar-refractivity contribution in [2.24, 2.45) is 0 Å². The van der Waals surface area contributed by atoms with E-state index in [1.807, 2.05) is 0 Å². The lowest BCUT2D eigenvalue weighted by Gasteiger charge is -2.16. The molecule has 2 heterocycles. The number of hydrogen-bond donors (Lipinski definition) is 1. The third kappa shape index (κ3) is 2.30. The standard InChI is InChI=1S/C12H17N3O3/c1-17-10-6-15(7-11(10)18-2)12(16)8-5-14-4-3-9(8)13/h3-5,10-11H,6-7H2,1-2H3,(H2,13,14). The van der Waals surface area contributed by atoms with Gasteiger partial charge in [0.15, 0.2) is 0 Å². The molecule has 1 fully saturated rings. The summed E-state index contributed by atoms with van der Waals surface area (Å²) in [6.07, 6.45) is 2.85. The van der Waals surface area contributed by atoms with E-state index < -0.39 is 0 Å². The second-order valence-corrected chi connectivity index (χ2v) is 4.22. The number of anilines is 1. The van der Waals surface area contributed by atoms with Gasteiger partial charge in [-0.2, -0.15) is 0 Å². The molecule has 98 valence electrons. The average Bonchev–Trinajstić information content (AvgIpc) is 2.81. The van der Waals surface area contributed by atoms with Crippen LogP contribution in [-0.4, -0.2) is 55.3 Å². The van der Waals surface area contributed by atoms with E-state index in [-0.39, 0.29) is 18.1 Å². The maximum atomic E-state index is 12.3. The molecule has 0 aliphatic carbocycles. The van der Waals surface area contributed by atoms with Gasteiger partial charge in [0.1, 0.15) is 12.2 Å². The number of carbonyl (C=O) groups is 1. The Morgan fingerprint density at radius 3 is 2.50 bits per heavy atom. The van der Waals surface area contributed by atoms with Crippen LogP contribution in [0.2, 0.25) is 0 Å². The Balaban J connectivity index is 2.14. The Bertz CT molecular complexity index is 426. The van der Waals surface area contributed by atoms with Crippen molar-refractivity contribution in [3.05, 3.63) is 24.0 Å². The smallest absolute Gasteiger partial charge is 0.257 e. The normalized spacial score (nSPS) is 23.3. The highest BCUT2D eigenvalue weighted by Gasteiger charge is 2.36. The summed E-state index contributed by atoms with van der Waals surface area (Å²) in [7, 11) is 3.23. The van der Waals surface area contributed by atoms with Gasteiger partial charge in [0.25, 0.3) is 5.91 Å². The number of hydrogen-bond acceptors (Lipinski definition) is 5. The van der Waals surface area contributed by atoms with Crippen molar-refractivity contribution < 1.29 is 14.3 Å². The van der Waals surface area contributed by atoms with Gasteiger partial charge < -0.3 is 20.1 Å². The summed E-state index contributed by atoms with van der Waals surface area (Å²) in [5.74, 6) is -0.137. The molecule has 1 amide bonds. The van der Waals surface area contributed by atoms with Crippen LogP contribution in [0, 0.1) is 0 Å². The number of nitrogens with two attached hydrogens (primary N) is 1. The lowest BCUT2D eigenvalue weighted by Crippen LogP contribution is -2.30.